The lowest BCUT2D eigenvalue weighted by Crippen LogP contribution is -2.70. The second-order valence-corrected chi connectivity index (χ2v) is 15.5. The quantitative estimate of drug-likeness (QED) is 0.622. The molecule has 9 heteroatoms. The Hall–Kier alpha value is -2.42. The van der Waals surface area contributed by atoms with Crippen molar-refractivity contribution in [3.63, 3.8) is 0 Å². The first-order valence-electron chi connectivity index (χ1n) is 14.1. The molecule has 1 N–H and O–H groups in total. The number of benzene rings is 1. The number of likely N-dealkylation sites (tertiary alicyclic amines) is 2. The third kappa shape index (κ3) is 3.74. The monoisotopic (exact) mass is 521 g/mol. The largest absolute Gasteiger partial charge is 0.323 e. The van der Waals surface area contributed by atoms with E-state index in [1.807, 2.05) is 21.9 Å². The van der Waals surface area contributed by atoms with Gasteiger partial charge in [0.1, 0.15) is 5.82 Å². The third-order valence-corrected chi connectivity index (χ3v) is 12.3. The number of nitrogens with one attached hydrogen (secondary N) is 1. The minimum atomic E-state index is -3.10. The smallest absolute Gasteiger partial charge is 0.320 e. The molecule has 1 aromatic heterocycles. The van der Waals surface area contributed by atoms with Crippen LogP contribution in [0.3, 0.4) is 0 Å². The fraction of sp³-hybridized carbons (Fsp3) is 0.679. The lowest BCUT2D eigenvalue weighted by Gasteiger charge is -2.63. The van der Waals surface area contributed by atoms with E-state index in [1.54, 1.807) is 12.1 Å². The van der Waals surface area contributed by atoms with Gasteiger partial charge >= 0.3 is 6.03 Å². The lowest BCUT2D eigenvalue weighted by molar-refractivity contribution is -0.100. The summed E-state index contributed by atoms with van der Waals surface area (Å²) in [6.07, 6.45) is 9.64. The van der Waals surface area contributed by atoms with E-state index in [0.717, 1.165) is 69.9 Å². The predicted molar refractivity (Wildman–Crippen MR) is 137 cm³/mol. The van der Waals surface area contributed by atoms with Gasteiger partial charge in [0, 0.05) is 48.8 Å². The van der Waals surface area contributed by atoms with E-state index in [2.05, 4.69) is 10.2 Å². The summed E-state index contributed by atoms with van der Waals surface area (Å²) in [5.74, 6) is 3.77. The maximum absolute atomic E-state index is 13.0. The Balaban J connectivity index is 0.777. The number of H-pyrrole nitrogens is 1. The summed E-state index contributed by atoms with van der Waals surface area (Å²) in [5.41, 5.74) is 1.85. The number of sulfone groups is 1. The first-order valence-corrected chi connectivity index (χ1v) is 15.6. The molecule has 37 heavy (non-hydrogen) atoms. The molecular weight excluding hydrogens is 486 g/mol. The topological polar surface area (TPSA) is 99.3 Å². The summed E-state index contributed by atoms with van der Waals surface area (Å²) in [6, 6.07) is 7.81. The fourth-order valence-corrected chi connectivity index (χ4v) is 9.38. The number of hydrogen-bond acceptors (Lipinski definition) is 5. The van der Waals surface area contributed by atoms with Gasteiger partial charge in [-0.25, -0.2) is 18.2 Å². The van der Waals surface area contributed by atoms with Crippen molar-refractivity contribution in [3.05, 3.63) is 41.5 Å². The highest BCUT2D eigenvalue weighted by atomic mass is 32.2. The van der Waals surface area contributed by atoms with Crippen molar-refractivity contribution in [3.8, 4) is 0 Å². The van der Waals surface area contributed by atoms with Crippen LogP contribution in [0, 0.1) is 16.7 Å². The van der Waals surface area contributed by atoms with Crippen LogP contribution in [-0.4, -0.2) is 70.9 Å². The van der Waals surface area contributed by atoms with E-state index in [4.69, 9.17) is 4.98 Å². The van der Waals surface area contributed by atoms with Crippen LogP contribution in [-0.2, 0) is 16.3 Å². The number of hydrogen-bond donors (Lipinski definition) is 1. The van der Waals surface area contributed by atoms with E-state index >= 15 is 0 Å². The molecule has 1 aromatic carbocycles. The van der Waals surface area contributed by atoms with Gasteiger partial charge in [0.25, 0.3) is 0 Å². The molecule has 8 rings (SSSR count). The van der Waals surface area contributed by atoms with Gasteiger partial charge in [-0.2, -0.15) is 5.10 Å². The van der Waals surface area contributed by atoms with E-state index in [9.17, 15) is 13.2 Å². The average molecular weight is 522 g/mol. The van der Waals surface area contributed by atoms with E-state index in [0.29, 0.717) is 33.5 Å². The third-order valence-electron chi connectivity index (χ3n) is 10.0. The normalized spacial score (nSPS) is 26.5. The van der Waals surface area contributed by atoms with Gasteiger partial charge in [-0.15, -0.1) is 0 Å². The molecule has 0 atom stereocenters. The molecule has 6 fully saturated rings. The van der Waals surface area contributed by atoms with Gasteiger partial charge < -0.3 is 9.80 Å². The summed E-state index contributed by atoms with van der Waals surface area (Å²) in [5, 5.41) is 7.44. The van der Waals surface area contributed by atoms with Crippen LogP contribution in [0.4, 0.5) is 4.79 Å². The molecule has 0 bridgehead atoms. The summed E-state index contributed by atoms with van der Waals surface area (Å²) >= 11 is 0. The first kappa shape index (κ1) is 22.6. The van der Waals surface area contributed by atoms with Crippen molar-refractivity contribution < 1.29 is 13.2 Å². The van der Waals surface area contributed by atoms with Gasteiger partial charge in [-0.3, -0.25) is 5.10 Å². The maximum atomic E-state index is 13.0. The first-order chi connectivity index (χ1) is 17.8. The number of carbonyl (C=O) groups excluding carboxylic acids is 1. The van der Waals surface area contributed by atoms with Crippen molar-refractivity contribution in [2.24, 2.45) is 16.7 Å². The van der Waals surface area contributed by atoms with Crippen molar-refractivity contribution in [1.29, 1.82) is 0 Å². The van der Waals surface area contributed by atoms with Crippen LogP contribution < -0.4 is 0 Å². The Kier molecular flexibility index (Phi) is 4.62. The van der Waals surface area contributed by atoms with Gasteiger partial charge in [0.05, 0.1) is 10.1 Å². The molecular formula is C28H35N5O3S. The van der Waals surface area contributed by atoms with Crippen molar-refractivity contribution in [2.45, 2.75) is 79.8 Å². The molecule has 3 heterocycles. The summed E-state index contributed by atoms with van der Waals surface area (Å²) < 4.78 is 24.8. The number of rotatable bonds is 6. The Morgan fingerprint density at radius 2 is 1.51 bits per heavy atom. The maximum Gasteiger partial charge on any atom is 0.320 e. The van der Waals surface area contributed by atoms with Gasteiger partial charge in [0.2, 0.25) is 0 Å². The van der Waals surface area contributed by atoms with Crippen molar-refractivity contribution in [1.82, 2.24) is 25.0 Å². The van der Waals surface area contributed by atoms with E-state index < -0.39 is 9.84 Å². The minimum Gasteiger partial charge on any atom is -0.323 e. The highest BCUT2D eigenvalue weighted by molar-refractivity contribution is 7.92. The number of carbonyl (C=O) groups is 1. The molecule has 2 aliphatic heterocycles. The second-order valence-electron chi connectivity index (χ2n) is 13.3. The molecule has 8 nitrogen and oxygen atoms in total. The van der Waals surface area contributed by atoms with Crippen LogP contribution in [0.1, 0.15) is 80.4 Å². The zero-order valence-corrected chi connectivity index (χ0v) is 22.0. The standard InChI is InChI=1S/C28H35N5O3S/c34-26(33-16-28(17-33)12-21(13-28)25-29-24(30-31-25)20-3-4-20)32-14-27(15-32)10-19(11-27)9-18-1-5-22(6-2-18)37(35,36)23-7-8-23/h1-2,5-6,19-21,23H,3-4,7-17H2,(H,29,30,31). The second kappa shape index (κ2) is 7.58. The Bertz CT molecular complexity index is 1330. The number of urea groups is 1. The van der Waals surface area contributed by atoms with E-state index in [-0.39, 0.29) is 11.3 Å². The molecule has 0 radical (unpaired) electrons. The SMILES string of the molecule is O=C(N1CC2(CC(Cc3ccc(S(=O)(=O)C4CC4)cc3)C2)C1)N1CC2(CC(c3n[nH]c(C4CC4)n3)C2)C1. The van der Waals surface area contributed by atoms with E-state index in [1.165, 1.54) is 31.2 Å². The molecule has 2 saturated heterocycles. The van der Waals surface area contributed by atoms with Crippen LogP contribution in [0.25, 0.3) is 0 Å². The molecule has 196 valence electrons. The zero-order chi connectivity index (χ0) is 25.0. The summed E-state index contributed by atoms with van der Waals surface area (Å²) in [6.45, 7) is 3.57. The average Bonchev–Trinajstić information content (AvgIpc) is 3.71. The van der Waals surface area contributed by atoms with Crippen molar-refractivity contribution >= 4 is 15.9 Å². The Morgan fingerprint density at radius 3 is 2.11 bits per heavy atom. The Labute approximate surface area is 218 Å². The zero-order valence-electron chi connectivity index (χ0n) is 21.2. The van der Waals surface area contributed by atoms with Crippen LogP contribution in [0.5, 0.6) is 0 Å². The van der Waals surface area contributed by atoms with Crippen LogP contribution in [0.2, 0.25) is 0 Å². The number of amides is 2. The predicted octanol–water partition coefficient (Wildman–Crippen LogP) is 3.87. The van der Waals surface area contributed by atoms with Gasteiger partial charge in [0.15, 0.2) is 15.7 Å². The van der Waals surface area contributed by atoms with Gasteiger partial charge in [-0.05, 0) is 81.4 Å². The fourth-order valence-electron chi connectivity index (χ4n) is 7.72. The molecule has 2 aromatic rings. The highest BCUT2D eigenvalue weighted by Gasteiger charge is 2.58. The molecule has 2 spiro atoms. The lowest BCUT2D eigenvalue weighted by atomic mass is 9.56. The van der Waals surface area contributed by atoms with Crippen molar-refractivity contribution in [2.75, 3.05) is 26.2 Å². The molecule has 2 amide bonds. The number of aromatic nitrogens is 3. The summed E-state index contributed by atoms with van der Waals surface area (Å²) in [7, 11) is -3.10. The number of nitrogens with zero attached hydrogens (tertiary/aromatic N) is 4. The molecule has 6 aliphatic rings. The van der Waals surface area contributed by atoms with Crippen LogP contribution in [0.15, 0.2) is 29.2 Å². The van der Waals surface area contributed by atoms with Crippen LogP contribution >= 0.6 is 0 Å². The van der Waals surface area contributed by atoms with Gasteiger partial charge in [-0.1, -0.05) is 12.1 Å². The highest BCUT2D eigenvalue weighted by Crippen LogP contribution is 2.57. The minimum absolute atomic E-state index is 0.152. The molecule has 4 saturated carbocycles. The summed E-state index contributed by atoms with van der Waals surface area (Å²) in [4.78, 5) is 22.3. The Morgan fingerprint density at radius 1 is 0.892 bits per heavy atom. The molecule has 4 aliphatic carbocycles. The number of aromatic amines is 1. The molecule has 0 unspecified atom stereocenters.